The van der Waals surface area contributed by atoms with Crippen LogP contribution in [0.5, 0.6) is 11.5 Å². The number of phenolic OH excluding ortho intramolecular Hbond substituents is 2. The Kier molecular flexibility index (Phi) is 8.05. The maximum Gasteiger partial charge on any atom is 0.335 e. The number of anilines is 2. The lowest BCUT2D eigenvalue weighted by atomic mass is 10.2. The summed E-state index contributed by atoms with van der Waals surface area (Å²) in [6.45, 7) is 3.27. The third-order valence-corrected chi connectivity index (χ3v) is 6.70. The Balaban J connectivity index is 1.14. The molecule has 212 valence electrons. The van der Waals surface area contributed by atoms with Crippen molar-refractivity contribution in [2.45, 2.75) is 0 Å². The average molecular weight is 567 g/mol. The molecule has 4 N–H and O–H groups in total. The van der Waals surface area contributed by atoms with Crippen molar-refractivity contribution in [3.63, 3.8) is 0 Å². The number of azo groups is 2. The number of carboxylic acid groups (broad SMARTS) is 2. The van der Waals surface area contributed by atoms with Gasteiger partial charge in [0.05, 0.1) is 22.5 Å². The van der Waals surface area contributed by atoms with Crippen molar-refractivity contribution in [2.75, 3.05) is 36.0 Å². The molecule has 0 amide bonds. The van der Waals surface area contributed by atoms with E-state index < -0.39 is 11.9 Å². The number of hydrogen-bond donors (Lipinski definition) is 4. The maximum absolute atomic E-state index is 11.0. The van der Waals surface area contributed by atoms with Gasteiger partial charge in [0.1, 0.15) is 22.9 Å². The second-order valence-corrected chi connectivity index (χ2v) is 9.42. The zero-order chi connectivity index (χ0) is 29.6. The van der Waals surface area contributed by atoms with E-state index in [0.29, 0.717) is 11.4 Å². The minimum Gasteiger partial charge on any atom is -0.506 e. The van der Waals surface area contributed by atoms with Crippen LogP contribution in [0.3, 0.4) is 0 Å². The van der Waals surface area contributed by atoms with Crippen molar-refractivity contribution < 1.29 is 30.0 Å². The molecule has 0 unspecified atom stereocenters. The molecular weight excluding hydrogens is 540 g/mol. The van der Waals surface area contributed by atoms with Crippen molar-refractivity contribution >= 4 is 46.1 Å². The first-order valence-corrected chi connectivity index (χ1v) is 12.9. The predicted molar refractivity (Wildman–Crippen MR) is 156 cm³/mol. The third-order valence-electron chi connectivity index (χ3n) is 6.70. The topological polar surface area (TPSA) is 171 Å². The molecular formula is C30H26N6O6. The van der Waals surface area contributed by atoms with Crippen LogP contribution in [0.25, 0.3) is 0 Å². The smallest absolute Gasteiger partial charge is 0.335 e. The monoisotopic (exact) mass is 566 g/mol. The Morgan fingerprint density at radius 2 is 0.881 bits per heavy atom. The first-order valence-electron chi connectivity index (χ1n) is 12.9. The summed E-state index contributed by atoms with van der Waals surface area (Å²) in [7, 11) is 0. The molecule has 1 aliphatic rings. The molecule has 12 nitrogen and oxygen atoms in total. The SMILES string of the molecule is O=C(O)c1ccc(N=Nc2ccc(N3CCN(c4ccc(N=Nc5ccc(C(=O)O)cc5O)cc4)CC3)cc2)c(O)c1. The number of carbonyl (C=O) groups is 2. The highest BCUT2D eigenvalue weighted by Crippen LogP contribution is 2.31. The van der Waals surface area contributed by atoms with Crippen LogP contribution >= 0.6 is 0 Å². The molecule has 1 fully saturated rings. The van der Waals surface area contributed by atoms with Crippen LogP contribution in [0.1, 0.15) is 20.7 Å². The molecule has 0 aromatic heterocycles. The highest BCUT2D eigenvalue weighted by atomic mass is 16.4. The van der Waals surface area contributed by atoms with E-state index in [9.17, 15) is 19.8 Å². The lowest BCUT2D eigenvalue weighted by molar-refractivity contribution is 0.0686. The van der Waals surface area contributed by atoms with Crippen LogP contribution in [0, 0.1) is 0 Å². The highest BCUT2D eigenvalue weighted by Gasteiger charge is 2.18. The number of piperazine rings is 1. The van der Waals surface area contributed by atoms with Gasteiger partial charge >= 0.3 is 11.9 Å². The Morgan fingerprint density at radius 3 is 1.19 bits per heavy atom. The Bertz CT molecular complexity index is 1540. The summed E-state index contributed by atoms with van der Waals surface area (Å²) < 4.78 is 0. The van der Waals surface area contributed by atoms with Gasteiger partial charge in [0, 0.05) is 37.6 Å². The van der Waals surface area contributed by atoms with Crippen LogP contribution in [-0.2, 0) is 0 Å². The van der Waals surface area contributed by atoms with Gasteiger partial charge in [-0.2, -0.15) is 10.2 Å². The molecule has 0 bridgehead atoms. The lowest BCUT2D eigenvalue weighted by Gasteiger charge is -2.37. The van der Waals surface area contributed by atoms with Crippen molar-refractivity contribution in [2.24, 2.45) is 20.5 Å². The van der Waals surface area contributed by atoms with Gasteiger partial charge in [-0.25, -0.2) is 9.59 Å². The second kappa shape index (κ2) is 12.2. The number of phenols is 2. The summed E-state index contributed by atoms with van der Waals surface area (Å²) in [5.74, 6) is -2.77. The summed E-state index contributed by atoms with van der Waals surface area (Å²) in [4.78, 5) is 26.6. The average Bonchev–Trinajstić information content (AvgIpc) is 3.00. The number of hydrogen-bond acceptors (Lipinski definition) is 10. The number of aromatic carboxylic acids is 2. The fourth-order valence-corrected chi connectivity index (χ4v) is 4.39. The first kappa shape index (κ1) is 27.8. The molecule has 12 heteroatoms. The maximum atomic E-state index is 11.0. The van der Waals surface area contributed by atoms with Crippen molar-refractivity contribution in [3.05, 3.63) is 96.1 Å². The molecule has 1 saturated heterocycles. The number of rotatable bonds is 8. The number of nitrogens with zero attached hydrogens (tertiary/aromatic N) is 6. The molecule has 0 aliphatic carbocycles. The van der Waals surface area contributed by atoms with E-state index in [1.54, 1.807) is 0 Å². The normalized spacial score (nSPS) is 13.6. The Hall–Kier alpha value is -5.78. The van der Waals surface area contributed by atoms with Crippen LogP contribution in [0.4, 0.5) is 34.1 Å². The van der Waals surface area contributed by atoms with Crippen LogP contribution < -0.4 is 9.80 Å². The predicted octanol–water partition coefficient (Wildman–Crippen LogP) is 6.65. The standard InChI is InChI=1S/C30H26N6O6/c37-27-17-19(29(39)40)1-11-25(27)33-31-21-3-7-23(8-4-21)35-13-15-36(16-14-35)24-9-5-22(6-10-24)32-34-26-12-2-20(30(41)42)18-28(26)38/h1-12,17-18,37-38H,13-16H2,(H,39,40)(H,41,42). The van der Waals surface area contributed by atoms with Gasteiger partial charge in [-0.05, 0) is 84.9 Å². The molecule has 0 saturated carbocycles. The van der Waals surface area contributed by atoms with Gasteiger partial charge in [-0.1, -0.05) is 0 Å². The Labute approximate surface area is 240 Å². The summed E-state index contributed by atoms with van der Waals surface area (Å²) in [6, 6.07) is 23.0. The summed E-state index contributed by atoms with van der Waals surface area (Å²) >= 11 is 0. The highest BCUT2D eigenvalue weighted by molar-refractivity contribution is 5.89. The van der Waals surface area contributed by atoms with E-state index >= 15 is 0 Å². The van der Waals surface area contributed by atoms with E-state index in [0.717, 1.165) is 49.7 Å². The molecule has 4 aromatic carbocycles. The van der Waals surface area contributed by atoms with Gasteiger partial charge in [-0.3, -0.25) is 0 Å². The minimum atomic E-state index is -1.13. The van der Waals surface area contributed by atoms with Gasteiger partial charge in [0.25, 0.3) is 0 Å². The fraction of sp³-hybridized carbons (Fsp3) is 0.133. The van der Waals surface area contributed by atoms with Crippen LogP contribution in [-0.4, -0.2) is 58.5 Å². The van der Waals surface area contributed by atoms with E-state index in [-0.39, 0.29) is 34.0 Å². The first-order chi connectivity index (χ1) is 20.3. The largest absolute Gasteiger partial charge is 0.506 e. The molecule has 0 atom stereocenters. The lowest BCUT2D eigenvalue weighted by Crippen LogP contribution is -2.46. The zero-order valence-corrected chi connectivity index (χ0v) is 22.2. The van der Waals surface area contributed by atoms with E-state index in [2.05, 4.69) is 30.3 Å². The summed E-state index contributed by atoms with van der Waals surface area (Å²) in [5.41, 5.74) is 3.62. The van der Waals surface area contributed by atoms with Crippen LogP contribution in [0.15, 0.2) is 105 Å². The van der Waals surface area contributed by atoms with Gasteiger partial charge < -0.3 is 30.2 Å². The van der Waals surface area contributed by atoms with E-state index in [1.165, 1.54) is 24.3 Å². The number of carboxylic acids is 2. The molecule has 1 aliphatic heterocycles. The molecule has 5 rings (SSSR count). The van der Waals surface area contributed by atoms with E-state index in [1.807, 2.05) is 48.5 Å². The quantitative estimate of drug-likeness (QED) is 0.172. The third kappa shape index (κ3) is 6.50. The molecule has 0 spiro atoms. The second-order valence-electron chi connectivity index (χ2n) is 9.42. The fourth-order valence-electron chi connectivity index (χ4n) is 4.39. The Morgan fingerprint density at radius 1 is 0.524 bits per heavy atom. The number of aromatic hydroxyl groups is 2. The number of benzene rings is 4. The van der Waals surface area contributed by atoms with Gasteiger partial charge in [0.15, 0.2) is 0 Å². The minimum absolute atomic E-state index is 0.0275. The summed E-state index contributed by atoms with van der Waals surface area (Å²) in [5, 5.41) is 54.3. The molecule has 42 heavy (non-hydrogen) atoms. The molecule has 0 radical (unpaired) electrons. The molecule has 4 aromatic rings. The van der Waals surface area contributed by atoms with E-state index in [4.69, 9.17) is 10.2 Å². The summed E-state index contributed by atoms with van der Waals surface area (Å²) in [6.07, 6.45) is 0. The zero-order valence-electron chi connectivity index (χ0n) is 22.2. The molecule has 1 heterocycles. The van der Waals surface area contributed by atoms with Crippen molar-refractivity contribution in [1.82, 2.24) is 0 Å². The van der Waals surface area contributed by atoms with Crippen molar-refractivity contribution in [1.29, 1.82) is 0 Å². The van der Waals surface area contributed by atoms with Crippen molar-refractivity contribution in [3.8, 4) is 11.5 Å². The van der Waals surface area contributed by atoms with Gasteiger partial charge in [0.2, 0.25) is 0 Å². The van der Waals surface area contributed by atoms with Crippen LogP contribution in [0.2, 0.25) is 0 Å². The van der Waals surface area contributed by atoms with Gasteiger partial charge in [-0.15, -0.1) is 10.2 Å².